The number of nitrogens with one attached hydrogen (secondary N) is 1. The number of ether oxygens (including phenoxy) is 1. The van der Waals surface area contributed by atoms with Crippen LogP contribution in [-0.2, 0) is 14.3 Å². The van der Waals surface area contributed by atoms with Gasteiger partial charge in [0.15, 0.2) is 0 Å². The summed E-state index contributed by atoms with van der Waals surface area (Å²) in [6, 6.07) is 6.25. The van der Waals surface area contributed by atoms with Gasteiger partial charge in [0.1, 0.15) is 0 Å². The van der Waals surface area contributed by atoms with Crippen LogP contribution in [0.3, 0.4) is 0 Å². The number of likely N-dealkylation sites (N-methyl/N-ethyl adjacent to an activating group) is 1. The minimum absolute atomic E-state index is 0.0533. The van der Waals surface area contributed by atoms with Gasteiger partial charge in [0.2, 0.25) is 11.8 Å². The van der Waals surface area contributed by atoms with E-state index in [0.717, 1.165) is 12.8 Å². The van der Waals surface area contributed by atoms with E-state index in [4.69, 9.17) is 22.1 Å². The smallest absolute Gasteiger partial charge is 0.243 e. The fourth-order valence-corrected chi connectivity index (χ4v) is 2.78. The molecule has 7 heteroatoms. The predicted molar refractivity (Wildman–Crippen MR) is 89.2 cm³/mol. The molecule has 0 aliphatic carbocycles. The quantitative estimate of drug-likeness (QED) is 0.851. The van der Waals surface area contributed by atoms with Crippen molar-refractivity contribution < 1.29 is 14.3 Å². The minimum atomic E-state index is -0.595. The number of hydrogen-bond donors (Lipinski definition) is 2. The molecule has 1 fully saturated rings. The summed E-state index contributed by atoms with van der Waals surface area (Å²) in [7, 11) is 1.58. The first-order chi connectivity index (χ1) is 11.0. The average molecular weight is 340 g/mol. The van der Waals surface area contributed by atoms with Crippen LogP contribution < -0.4 is 11.1 Å². The molecule has 1 aliphatic rings. The van der Waals surface area contributed by atoms with Gasteiger partial charge in [0.05, 0.1) is 12.6 Å². The van der Waals surface area contributed by atoms with Crippen LogP contribution in [0.5, 0.6) is 0 Å². The van der Waals surface area contributed by atoms with E-state index in [0.29, 0.717) is 23.9 Å². The van der Waals surface area contributed by atoms with Gasteiger partial charge in [0, 0.05) is 31.0 Å². The summed E-state index contributed by atoms with van der Waals surface area (Å²) in [6.07, 6.45) is 1.55. The lowest BCUT2D eigenvalue weighted by atomic mass is 9.91. The molecule has 1 aromatic carbocycles. The number of benzene rings is 1. The molecule has 1 unspecified atom stereocenters. The highest BCUT2D eigenvalue weighted by atomic mass is 35.5. The maximum absolute atomic E-state index is 12.3. The molecule has 0 bridgehead atoms. The largest absolute Gasteiger partial charge is 0.381 e. The Morgan fingerprint density at radius 3 is 2.78 bits per heavy atom. The van der Waals surface area contributed by atoms with Gasteiger partial charge >= 0.3 is 0 Å². The summed E-state index contributed by atoms with van der Waals surface area (Å²) < 4.78 is 5.28. The van der Waals surface area contributed by atoms with Crippen molar-refractivity contribution in [2.75, 3.05) is 32.1 Å². The number of halogens is 1. The van der Waals surface area contributed by atoms with E-state index in [9.17, 15) is 9.59 Å². The third-order valence-electron chi connectivity index (χ3n) is 3.92. The van der Waals surface area contributed by atoms with Crippen molar-refractivity contribution in [1.29, 1.82) is 0 Å². The van der Waals surface area contributed by atoms with Gasteiger partial charge in [-0.1, -0.05) is 17.7 Å². The molecule has 23 heavy (non-hydrogen) atoms. The van der Waals surface area contributed by atoms with Gasteiger partial charge in [-0.15, -0.1) is 0 Å². The van der Waals surface area contributed by atoms with E-state index in [1.165, 1.54) is 4.90 Å². The standard InChI is InChI=1S/C16H22ClN3O3/c1-20(16(22)15(18)11-5-7-23-8-6-11)10-14(21)19-13-4-2-3-12(17)9-13/h2-4,9,11,15H,5-8,10,18H2,1H3,(H,19,21). The van der Waals surface area contributed by atoms with Crippen LogP contribution in [0.4, 0.5) is 5.69 Å². The normalized spacial score (nSPS) is 16.7. The molecule has 1 atom stereocenters. The molecular weight excluding hydrogens is 318 g/mol. The monoisotopic (exact) mass is 339 g/mol. The van der Waals surface area contributed by atoms with Gasteiger partial charge in [-0.2, -0.15) is 0 Å². The Morgan fingerprint density at radius 2 is 2.13 bits per heavy atom. The molecule has 0 aromatic heterocycles. The molecule has 1 heterocycles. The Kier molecular flexibility index (Phi) is 6.38. The Bertz CT molecular complexity index is 561. The lowest BCUT2D eigenvalue weighted by Crippen LogP contribution is -2.49. The lowest BCUT2D eigenvalue weighted by molar-refractivity contribution is -0.136. The molecule has 0 radical (unpaired) electrons. The number of anilines is 1. The number of carbonyl (C=O) groups is 2. The fourth-order valence-electron chi connectivity index (χ4n) is 2.59. The van der Waals surface area contributed by atoms with E-state index < -0.39 is 6.04 Å². The van der Waals surface area contributed by atoms with Crippen molar-refractivity contribution in [3.05, 3.63) is 29.3 Å². The number of carbonyl (C=O) groups excluding carboxylic acids is 2. The zero-order valence-electron chi connectivity index (χ0n) is 13.1. The van der Waals surface area contributed by atoms with Crippen LogP contribution in [0.1, 0.15) is 12.8 Å². The number of hydrogen-bond acceptors (Lipinski definition) is 4. The van der Waals surface area contributed by atoms with Gasteiger partial charge in [-0.25, -0.2) is 0 Å². The van der Waals surface area contributed by atoms with Crippen LogP contribution in [0.15, 0.2) is 24.3 Å². The van der Waals surface area contributed by atoms with Gasteiger partial charge in [-0.3, -0.25) is 9.59 Å². The summed E-state index contributed by atoms with van der Waals surface area (Å²) in [4.78, 5) is 25.7. The topological polar surface area (TPSA) is 84.7 Å². The molecule has 0 saturated carbocycles. The summed E-state index contributed by atoms with van der Waals surface area (Å²) in [5, 5.41) is 3.24. The van der Waals surface area contributed by atoms with Crippen LogP contribution in [0.25, 0.3) is 0 Å². The first kappa shape index (κ1) is 17.7. The second kappa shape index (κ2) is 8.29. The van der Waals surface area contributed by atoms with E-state index in [1.54, 1.807) is 31.3 Å². The van der Waals surface area contributed by atoms with Crippen molar-refractivity contribution in [2.45, 2.75) is 18.9 Å². The zero-order chi connectivity index (χ0) is 16.8. The Hall–Kier alpha value is -1.63. The summed E-state index contributed by atoms with van der Waals surface area (Å²) >= 11 is 5.87. The Balaban J connectivity index is 1.85. The zero-order valence-corrected chi connectivity index (χ0v) is 13.9. The van der Waals surface area contributed by atoms with Crippen molar-refractivity contribution in [2.24, 2.45) is 11.7 Å². The number of nitrogens with zero attached hydrogens (tertiary/aromatic N) is 1. The molecule has 126 valence electrons. The molecular formula is C16H22ClN3O3. The van der Waals surface area contributed by atoms with E-state index in [1.807, 2.05) is 0 Å². The van der Waals surface area contributed by atoms with Crippen LogP contribution in [0.2, 0.25) is 5.02 Å². The fraction of sp³-hybridized carbons (Fsp3) is 0.500. The van der Waals surface area contributed by atoms with Gasteiger partial charge in [-0.05, 0) is 37.0 Å². The molecule has 3 N–H and O–H groups in total. The predicted octanol–water partition coefficient (Wildman–Crippen LogP) is 1.49. The molecule has 1 saturated heterocycles. The van der Waals surface area contributed by atoms with Crippen LogP contribution >= 0.6 is 11.6 Å². The first-order valence-corrected chi connectivity index (χ1v) is 7.99. The third-order valence-corrected chi connectivity index (χ3v) is 4.16. The molecule has 6 nitrogen and oxygen atoms in total. The Morgan fingerprint density at radius 1 is 1.43 bits per heavy atom. The maximum Gasteiger partial charge on any atom is 0.243 e. The number of nitrogens with two attached hydrogens (primary N) is 1. The molecule has 2 rings (SSSR count). The van der Waals surface area contributed by atoms with Crippen molar-refractivity contribution in [3.8, 4) is 0 Å². The molecule has 0 spiro atoms. The minimum Gasteiger partial charge on any atom is -0.381 e. The maximum atomic E-state index is 12.3. The highest BCUT2D eigenvalue weighted by Crippen LogP contribution is 2.19. The average Bonchev–Trinajstić information content (AvgIpc) is 2.54. The molecule has 1 aliphatic heterocycles. The van der Waals surface area contributed by atoms with Crippen LogP contribution in [-0.4, -0.2) is 49.6 Å². The second-order valence-corrected chi connectivity index (χ2v) is 6.16. The molecule has 2 amide bonds. The van der Waals surface area contributed by atoms with Crippen molar-refractivity contribution in [3.63, 3.8) is 0 Å². The Labute approximate surface area is 140 Å². The highest BCUT2D eigenvalue weighted by molar-refractivity contribution is 6.30. The summed E-state index contributed by atoms with van der Waals surface area (Å²) in [6.45, 7) is 1.21. The van der Waals surface area contributed by atoms with Gasteiger partial charge < -0.3 is 20.7 Å². The van der Waals surface area contributed by atoms with Crippen molar-refractivity contribution in [1.82, 2.24) is 4.90 Å². The van der Waals surface area contributed by atoms with Crippen molar-refractivity contribution >= 4 is 29.1 Å². The van der Waals surface area contributed by atoms with Crippen LogP contribution in [0, 0.1) is 5.92 Å². The van der Waals surface area contributed by atoms with Gasteiger partial charge in [0.25, 0.3) is 0 Å². The summed E-state index contributed by atoms with van der Waals surface area (Å²) in [5.41, 5.74) is 6.64. The van der Waals surface area contributed by atoms with E-state index in [-0.39, 0.29) is 24.3 Å². The summed E-state index contributed by atoms with van der Waals surface area (Å²) in [5.74, 6) is -0.407. The number of rotatable bonds is 5. The highest BCUT2D eigenvalue weighted by Gasteiger charge is 2.29. The van der Waals surface area contributed by atoms with E-state index in [2.05, 4.69) is 5.32 Å². The SMILES string of the molecule is CN(CC(=O)Nc1cccc(Cl)c1)C(=O)C(N)C1CCOCC1. The third kappa shape index (κ3) is 5.20. The molecule has 1 aromatic rings. The number of amides is 2. The lowest BCUT2D eigenvalue weighted by Gasteiger charge is -2.29. The van der Waals surface area contributed by atoms with E-state index >= 15 is 0 Å². The first-order valence-electron chi connectivity index (χ1n) is 7.61. The second-order valence-electron chi connectivity index (χ2n) is 5.73.